The highest BCUT2D eigenvalue weighted by atomic mass is 16.7. The highest BCUT2D eigenvalue weighted by Gasteiger charge is 2.16. The molecule has 0 rings (SSSR count). The van der Waals surface area contributed by atoms with E-state index in [2.05, 4.69) is 10.6 Å². The number of hydrogen-bond donors (Lipinski definition) is 2. The van der Waals surface area contributed by atoms with E-state index in [0.717, 1.165) is 77.0 Å². The molecule has 0 aromatic rings. The van der Waals surface area contributed by atoms with Crippen molar-refractivity contribution in [1.82, 2.24) is 10.6 Å². The Hall–Kier alpha value is -2.19. The van der Waals surface area contributed by atoms with Crippen LogP contribution in [-0.2, 0) is 18.9 Å². The summed E-state index contributed by atoms with van der Waals surface area (Å²) in [5, 5.41) is 5.52. The average molecular weight is 517 g/mol. The Labute approximate surface area is 218 Å². The van der Waals surface area contributed by atoms with Crippen LogP contribution in [0, 0.1) is 0 Å². The predicted molar refractivity (Wildman–Crippen MR) is 141 cm³/mol. The second-order valence-electron chi connectivity index (χ2n) is 11.0. The molecule has 0 radical (unpaired) electrons. The van der Waals surface area contributed by atoms with Crippen LogP contribution in [0.15, 0.2) is 0 Å². The van der Waals surface area contributed by atoms with Crippen LogP contribution in [0.25, 0.3) is 0 Å². The van der Waals surface area contributed by atoms with Crippen molar-refractivity contribution >= 4 is 18.3 Å². The summed E-state index contributed by atoms with van der Waals surface area (Å²) < 4.78 is 20.6. The monoisotopic (exact) mass is 516 g/mol. The Morgan fingerprint density at radius 1 is 0.500 bits per heavy atom. The van der Waals surface area contributed by atoms with Crippen molar-refractivity contribution in [2.24, 2.45) is 0 Å². The smallest absolute Gasteiger partial charge is 0.444 e. The Balaban J connectivity index is 3.34. The summed E-state index contributed by atoms with van der Waals surface area (Å²) >= 11 is 0. The lowest BCUT2D eigenvalue weighted by Gasteiger charge is -2.19. The molecule has 36 heavy (non-hydrogen) atoms. The van der Waals surface area contributed by atoms with Crippen molar-refractivity contribution < 1.29 is 33.3 Å². The molecule has 0 unspecified atom stereocenters. The lowest BCUT2D eigenvalue weighted by atomic mass is 10.1. The van der Waals surface area contributed by atoms with Gasteiger partial charge in [-0.05, 0) is 67.2 Å². The number of unbranched alkanes of at least 4 members (excludes halogenated alkanes) is 10. The van der Waals surface area contributed by atoms with E-state index in [1.165, 1.54) is 0 Å². The van der Waals surface area contributed by atoms with Gasteiger partial charge in [-0.3, -0.25) is 0 Å². The third kappa shape index (κ3) is 26.4. The van der Waals surface area contributed by atoms with Gasteiger partial charge in [-0.2, -0.15) is 0 Å². The van der Waals surface area contributed by atoms with Crippen molar-refractivity contribution in [3.63, 3.8) is 0 Å². The molecule has 0 atom stereocenters. The van der Waals surface area contributed by atoms with Crippen molar-refractivity contribution in [2.45, 2.75) is 130 Å². The molecule has 0 spiro atoms. The molecule has 2 amide bonds. The highest BCUT2D eigenvalue weighted by molar-refractivity contribution is 5.67. The largest absolute Gasteiger partial charge is 0.508 e. The third-order valence-electron chi connectivity index (χ3n) is 4.92. The molecule has 0 aliphatic heterocycles. The van der Waals surface area contributed by atoms with Gasteiger partial charge in [0, 0.05) is 13.1 Å². The van der Waals surface area contributed by atoms with Crippen LogP contribution < -0.4 is 10.6 Å². The maximum Gasteiger partial charge on any atom is 0.508 e. The van der Waals surface area contributed by atoms with Crippen molar-refractivity contribution in [3.05, 3.63) is 0 Å². The number of nitrogens with one attached hydrogen (secondary N) is 2. The second-order valence-corrected chi connectivity index (χ2v) is 11.0. The number of alkyl carbamates (subject to hydrolysis) is 2. The first-order valence-corrected chi connectivity index (χ1v) is 13.6. The molecule has 9 heteroatoms. The van der Waals surface area contributed by atoms with E-state index in [9.17, 15) is 14.4 Å². The Morgan fingerprint density at radius 2 is 0.806 bits per heavy atom. The summed E-state index contributed by atoms with van der Waals surface area (Å²) in [6, 6.07) is 0. The summed E-state index contributed by atoms with van der Waals surface area (Å²) in [7, 11) is 0. The summed E-state index contributed by atoms with van der Waals surface area (Å²) in [6.45, 7) is 13.1. The van der Waals surface area contributed by atoms with E-state index in [4.69, 9.17) is 18.9 Å². The quantitative estimate of drug-likeness (QED) is 0.116. The lowest BCUT2D eigenvalue weighted by Crippen LogP contribution is -2.32. The van der Waals surface area contributed by atoms with Gasteiger partial charge < -0.3 is 29.6 Å². The molecule has 0 heterocycles. The fourth-order valence-electron chi connectivity index (χ4n) is 3.23. The van der Waals surface area contributed by atoms with Gasteiger partial charge in [0.1, 0.15) is 11.2 Å². The minimum Gasteiger partial charge on any atom is -0.444 e. The lowest BCUT2D eigenvalue weighted by molar-refractivity contribution is 0.0515. The maximum absolute atomic E-state index is 11.6. The number of rotatable bonds is 18. The first-order chi connectivity index (χ1) is 16.9. The van der Waals surface area contributed by atoms with Gasteiger partial charge >= 0.3 is 18.3 Å². The van der Waals surface area contributed by atoms with Crippen LogP contribution in [0.3, 0.4) is 0 Å². The van der Waals surface area contributed by atoms with Crippen LogP contribution >= 0.6 is 0 Å². The normalized spacial score (nSPS) is 11.5. The fourth-order valence-corrected chi connectivity index (χ4v) is 3.23. The number of carbonyl (C=O) groups is 3. The standard InChI is InChI=1S/C27H52N2O7/c1-26(2,3)35-23(30)28-19-15-11-7-9-13-17-21-33-25(32)34-22-18-14-10-8-12-16-20-29-24(31)36-27(4,5)6/h7-22H2,1-6H3,(H,28,30)(H,29,31). The molecule has 0 saturated carbocycles. The van der Waals surface area contributed by atoms with Crippen LogP contribution in [0.2, 0.25) is 0 Å². The molecule has 0 bridgehead atoms. The Morgan fingerprint density at radius 3 is 1.14 bits per heavy atom. The zero-order valence-electron chi connectivity index (χ0n) is 23.7. The number of hydrogen-bond acceptors (Lipinski definition) is 7. The van der Waals surface area contributed by atoms with Crippen molar-refractivity contribution in [2.75, 3.05) is 26.3 Å². The van der Waals surface area contributed by atoms with E-state index >= 15 is 0 Å². The van der Waals surface area contributed by atoms with Gasteiger partial charge in [-0.25, -0.2) is 14.4 Å². The Bertz CT molecular complexity index is 548. The van der Waals surface area contributed by atoms with E-state index in [1.807, 2.05) is 41.5 Å². The highest BCUT2D eigenvalue weighted by Crippen LogP contribution is 2.09. The molecule has 0 aliphatic carbocycles. The first-order valence-electron chi connectivity index (χ1n) is 13.6. The molecule has 0 aromatic heterocycles. The summed E-state index contributed by atoms with van der Waals surface area (Å²) in [4.78, 5) is 34.7. The van der Waals surface area contributed by atoms with Crippen LogP contribution in [0.5, 0.6) is 0 Å². The van der Waals surface area contributed by atoms with E-state index in [0.29, 0.717) is 26.3 Å². The van der Waals surface area contributed by atoms with Crippen LogP contribution in [-0.4, -0.2) is 55.8 Å². The molecule has 212 valence electrons. The zero-order valence-corrected chi connectivity index (χ0v) is 23.7. The molecule has 0 aliphatic rings. The zero-order chi connectivity index (χ0) is 27.3. The minimum absolute atomic E-state index is 0.368. The van der Waals surface area contributed by atoms with Crippen LogP contribution in [0.1, 0.15) is 119 Å². The molecular formula is C27H52N2O7. The second kappa shape index (κ2) is 19.9. The average Bonchev–Trinajstić information content (AvgIpc) is 2.73. The van der Waals surface area contributed by atoms with E-state index < -0.39 is 17.4 Å². The third-order valence-corrected chi connectivity index (χ3v) is 4.92. The van der Waals surface area contributed by atoms with Gasteiger partial charge in [-0.1, -0.05) is 51.4 Å². The van der Waals surface area contributed by atoms with Gasteiger partial charge in [0.25, 0.3) is 0 Å². The van der Waals surface area contributed by atoms with Gasteiger partial charge in [0.05, 0.1) is 13.2 Å². The molecule has 0 fully saturated rings. The Kier molecular flexibility index (Phi) is 18.7. The van der Waals surface area contributed by atoms with E-state index in [-0.39, 0.29) is 12.2 Å². The molecular weight excluding hydrogens is 464 g/mol. The van der Waals surface area contributed by atoms with Gasteiger partial charge in [0.2, 0.25) is 0 Å². The van der Waals surface area contributed by atoms with Gasteiger partial charge in [-0.15, -0.1) is 0 Å². The molecule has 0 aromatic carbocycles. The summed E-state index contributed by atoms with van der Waals surface area (Å²) in [6.07, 6.45) is 10.6. The number of carbonyl (C=O) groups excluding carboxylic acids is 3. The number of amides is 2. The predicted octanol–water partition coefficient (Wildman–Crippen LogP) is 6.87. The van der Waals surface area contributed by atoms with Crippen molar-refractivity contribution in [1.29, 1.82) is 0 Å². The SMILES string of the molecule is CC(C)(C)OC(=O)NCCCCCCCCOC(=O)OCCCCCCCCNC(=O)OC(C)(C)C. The van der Waals surface area contributed by atoms with Crippen LogP contribution in [0.4, 0.5) is 14.4 Å². The fraction of sp³-hybridized carbons (Fsp3) is 0.889. The first kappa shape index (κ1) is 33.8. The molecule has 9 nitrogen and oxygen atoms in total. The summed E-state index contributed by atoms with van der Waals surface area (Å²) in [5.74, 6) is 0. The number of ether oxygens (including phenoxy) is 4. The van der Waals surface area contributed by atoms with Crippen molar-refractivity contribution in [3.8, 4) is 0 Å². The maximum atomic E-state index is 11.6. The molecule has 2 N–H and O–H groups in total. The van der Waals surface area contributed by atoms with E-state index in [1.54, 1.807) is 0 Å². The van der Waals surface area contributed by atoms with Gasteiger partial charge in [0.15, 0.2) is 0 Å². The molecule has 0 saturated heterocycles. The minimum atomic E-state index is -0.587. The summed E-state index contributed by atoms with van der Waals surface area (Å²) in [5.41, 5.74) is -0.936. The topological polar surface area (TPSA) is 112 Å².